The van der Waals surface area contributed by atoms with Crippen molar-refractivity contribution in [2.75, 3.05) is 42.5 Å². The van der Waals surface area contributed by atoms with Crippen molar-refractivity contribution in [3.63, 3.8) is 0 Å². The molecular weight excluding hydrogens is 423 g/mol. The van der Waals surface area contributed by atoms with Crippen LogP contribution in [0.2, 0.25) is 0 Å². The number of carbonyl (C=O) groups is 2. The minimum atomic E-state index is -4.54. The predicted molar refractivity (Wildman–Crippen MR) is 112 cm³/mol. The second-order valence-corrected chi connectivity index (χ2v) is 8.21. The van der Waals surface area contributed by atoms with Gasteiger partial charge in [0.1, 0.15) is 17.3 Å². The van der Waals surface area contributed by atoms with Gasteiger partial charge in [-0.15, -0.1) is 0 Å². The standard InChI is InChI=1S/C22H24F3N5O2/c1-14-3-5-17(6-4-14)30-13-16(11-20(30)31)21(32)29-9-7-28(8-10-29)19-12-18(22(23,24)25)26-15(2)27-19/h3-6,12,16H,7-11,13H2,1-2H3/t16-/m0/s1. The third-order valence-electron chi connectivity index (χ3n) is 5.85. The minimum Gasteiger partial charge on any atom is -0.353 e. The molecule has 3 heterocycles. The number of nitrogens with zero attached hydrogens (tertiary/aromatic N) is 5. The predicted octanol–water partition coefficient (Wildman–Crippen LogP) is 2.81. The summed E-state index contributed by atoms with van der Waals surface area (Å²) in [4.78, 5) is 38.2. The highest BCUT2D eigenvalue weighted by Gasteiger charge is 2.38. The van der Waals surface area contributed by atoms with Crippen LogP contribution in [0.3, 0.4) is 0 Å². The van der Waals surface area contributed by atoms with E-state index in [1.54, 1.807) is 14.7 Å². The van der Waals surface area contributed by atoms with Crippen molar-refractivity contribution in [1.29, 1.82) is 0 Å². The lowest BCUT2D eigenvalue weighted by atomic mass is 10.1. The topological polar surface area (TPSA) is 69.6 Å². The maximum atomic E-state index is 13.1. The fourth-order valence-corrected chi connectivity index (χ4v) is 4.12. The van der Waals surface area contributed by atoms with Gasteiger partial charge in [-0.25, -0.2) is 9.97 Å². The molecule has 0 radical (unpaired) electrons. The fraction of sp³-hybridized carbons (Fsp3) is 0.455. The van der Waals surface area contributed by atoms with E-state index in [9.17, 15) is 22.8 Å². The Labute approximate surface area is 183 Å². The number of hydrogen-bond acceptors (Lipinski definition) is 5. The van der Waals surface area contributed by atoms with Gasteiger partial charge in [0, 0.05) is 50.9 Å². The Bertz CT molecular complexity index is 1020. The smallest absolute Gasteiger partial charge is 0.353 e. The lowest BCUT2D eigenvalue weighted by Crippen LogP contribution is -2.51. The second-order valence-electron chi connectivity index (χ2n) is 8.21. The number of piperazine rings is 1. The Hall–Kier alpha value is -3.17. The molecule has 2 aliphatic rings. The van der Waals surface area contributed by atoms with E-state index in [-0.39, 0.29) is 29.9 Å². The van der Waals surface area contributed by atoms with Crippen molar-refractivity contribution in [2.45, 2.75) is 26.4 Å². The highest BCUT2D eigenvalue weighted by molar-refractivity contribution is 6.00. The van der Waals surface area contributed by atoms with Crippen molar-refractivity contribution >= 4 is 23.3 Å². The fourth-order valence-electron chi connectivity index (χ4n) is 4.12. The highest BCUT2D eigenvalue weighted by Crippen LogP contribution is 2.30. The highest BCUT2D eigenvalue weighted by atomic mass is 19.4. The van der Waals surface area contributed by atoms with Crippen LogP contribution in [-0.2, 0) is 15.8 Å². The van der Waals surface area contributed by atoms with Crippen molar-refractivity contribution in [1.82, 2.24) is 14.9 Å². The van der Waals surface area contributed by atoms with Gasteiger partial charge in [-0.1, -0.05) is 17.7 Å². The van der Waals surface area contributed by atoms with Gasteiger partial charge >= 0.3 is 6.18 Å². The van der Waals surface area contributed by atoms with Gasteiger partial charge < -0.3 is 14.7 Å². The van der Waals surface area contributed by atoms with Gasteiger partial charge in [0.15, 0.2) is 0 Å². The number of hydrogen-bond donors (Lipinski definition) is 0. The number of alkyl halides is 3. The van der Waals surface area contributed by atoms with Gasteiger partial charge in [-0.2, -0.15) is 13.2 Å². The van der Waals surface area contributed by atoms with Crippen molar-refractivity contribution < 1.29 is 22.8 Å². The number of aryl methyl sites for hydroxylation is 2. The molecule has 0 saturated carbocycles. The monoisotopic (exact) mass is 447 g/mol. The summed E-state index contributed by atoms with van der Waals surface area (Å²) < 4.78 is 39.2. The van der Waals surface area contributed by atoms with Gasteiger partial charge in [-0.05, 0) is 26.0 Å². The Kier molecular flexibility index (Phi) is 5.79. The Morgan fingerprint density at radius 2 is 1.69 bits per heavy atom. The summed E-state index contributed by atoms with van der Waals surface area (Å²) in [7, 11) is 0. The first-order valence-electron chi connectivity index (χ1n) is 10.5. The van der Waals surface area contributed by atoms with Crippen molar-refractivity contribution in [2.24, 2.45) is 5.92 Å². The van der Waals surface area contributed by atoms with Gasteiger partial charge in [0.2, 0.25) is 11.8 Å². The van der Waals surface area contributed by atoms with Crippen LogP contribution in [0, 0.1) is 19.8 Å². The zero-order valence-corrected chi connectivity index (χ0v) is 17.9. The normalized spacial score (nSPS) is 19.6. The molecule has 10 heteroatoms. The molecule has 2 fully saturated rings. The molecule has 2 amide bonds. The van der Waals surface area contributed by atoms with Crippen LogP contribution in [0.25, 0.3) is 0 Å². The molecule has 0 N–H and O–H groups in total. The van der Waals surface area contributed by atoms with Gasteiger partial charge in [0.25, 0.3) is 0 Å². The molecule has 2 saturated heterocycles. The molecule has 0 aliphatic carbocycles. The minimum absolute atomic E-state index is 0.0500. The molecule has 170 valence electrons. The molecule has 1 aromatic heterocycles. The van der Waals surface area contributed by atoms with Crippen LogP contribution in [-0.4, -0.2) is 59.4 Å². The molecule has 0 spiro atoms. The lowest BCUT2D eigenvalue weighted by molar-refractivity contribution is -0.141. The van der Waals surface area contributed by atoms with Crippen molar-refractivity contribution in [3.8, 4) is 0 Å². The van der Waals surface area contributed by atoms with Crippen LogP contribution in [0.15, 0.2) is 30.3 Å². The van der Waals surface area contributed by atoms with Crippen molar-refractivity contribution in [3.05, 3.63) is 47.4 Å². The quantitative estimate of drug-likeness (QED) is 0.724. The van der Waals surface area contributed by atoms with E-state index >= 15 is 0 Å². The first kappa shape index (κ1) is 22.0. The molecular formula is C22H24F3N5O2. The largest absolute Gasteiger partial charge is 0.433 e. The third-order valence-corrected chi connectivity index (χ3v) is 5.85. The van der Waals surface area contributed by atoms with E-state index in [1.165, 1.54) is 6.92 Å². The van der Waals surface area contributed by atoms with E-state index in [4.69, 9.17) is 0 Å². The molecule has 7 nitrogen and oxygen atoms in total. The number of halogens is 3. The Balaban J connectivity index is 1.38. The van der Waals surface area contributed by atoms with Crippen LogP contribution in [0.1, 0.15) is 23.5 Å². The zero-order valence-electron chi connectivity index (χ0n) is 17.9. The van der Waals surface area contributed by atoms with Gasteiger partial charge in [0.05, 0.1) is 5.92 Å². The number of carbonyl (C=O) groups excluding carboxylic acids is 2. The van der Waals surface area contributed by atoms with Crippen LogP contribution >= 0.6 is 0 Å². The van der Waals surface area contributed by atoms with E-state index in [1.807, 2.05) is 31.2 Å². The molecule has 4 rings (SSSR count). The summed E-state index contributed by atoms with van der Waals surface area (Å²) in [6.45, 7) is 5.17. The average molecular weight is 447 g/mol. The maximum Gasteiger partial charge on any atom is 0.433 e. The average Bonchev–Trinajstić information content (AvgIpc) is 3.14. The number of rotatable bonds is 3. The molecule has 1 aromatic carbocycles. The van der Waals surface area contributed by atoms with Crippen LogP contribution in [0.4, 0.5) is 24.7 Å². The molecule has 1 atom stereocenters. The van der Waals surface area contributed by atoms with Gasteiger partial charge in [-0.3, -0.25) is 9.59 Å². The first-order valence-corrected chi connectivity index (χ1v) is 10.5. The number of aromatic nitrogens is 2. The van der Waals surface area contributed by atoms with E-state index in [2.05, 4.69) is 9.97 Å². The summed E-state index contributed by atoms with van der Waals surface area (Å²) in [5, 5.41) is 0. The Morgan fingerprint density at radius 3 is 2.31 bits per heavy atom. The summed E-state index contributed by atoms with van der Waals surface area (Å²) in [6, 6.07) is 8.54. The van der Waals surface area contributed by atoms with E-state index in [0.717, 1.165) is 17.3 Å². The number of benzene rings is 1. The third kappa shape index (κ3) is 4.53. The van der Waals surface area contributed by atoms with E-state index in [0.29, 0.717) is 32.7 Å². The molecule has 2 aliphatic heterocycles. The summed E-state index contributed by atoms with van der Waals surface area (Å²) in [5.41, 5.74) is 0.895. The maximum absolute atomic E-state index is 13.1. The van der Waals surface area contributed by atoms with Crippen LogP contribution in [0.5, 0.6) is 0 Å². The number of amides is 2. The first-order chi connectivity index (χ1) is 15.1. The van der Waals surface area contributed by atoms with Crippen LogP contribution < -0.4 is 9.80 Å². The molecule has 2 aromatic rings. The molecule has 0 unspecified atom stereocenters. The van der Waals surface area contributed by atoms with E-state index < -0.39 is 17.8 Å². The molecule has 32 heavy (non-hydrogen) atoms. The molecule has 0 bridgehead atoms. The summed E-state index contributed by atoms with van der Waals surface area (Å²) in [6.07, 6.45) is -4.38. The summed E-state index contributed by atoms with van der Waals surface area (Å²) in [5.74, 6) is -0.342. The summed E-state index contributed by atoms with van der Waals surface area (Å²) >= 11 is 0. The number of anilines is 2. The second kappa shape index (κ2) is 8.40. The Morgan fingerprint density at radius 1 is 1.03 bits per heavy atom. The zero-order chi connectivity index (χ0) is 23.0. The SMILES string of the molecule is Cc1ccc(N2C[C@@H](C(=O)N3CCN(c4cc(C(F)(F)F)nc(C)n4)CC3)CC2=O)cc1. The lowest BCUT2D eigenvalue weighted by Gasteiger charge is -2.36.